The molecule has 112 valence electrons. The average molecular weight is 347 g/mol. The number of rotatable bonds is 3. The molecule has 2 aromatic heterocycles. The second-order valence-electron chi connectivity index (χ2n) is 4.26. The molecule has 7 nitrogen and oxygen atoms in total. The number of nitrogens with zero attached hydrogens (tertiary/aromatic N) is 3. The van der Waals surface area contributed by atoms with Crippen LogP contribution >= 0.6 is 16.1 Å². The van der Waals surface area contributed by atoms with Crippen LogP contribution in [0.4, 0.5) is 0 Å². The van der Waals surface area contributed by atoms with Crippen molar-refractivity contribution in [2.24, 2.45) is 0 Å². The third-order valence-electron chi connectivity index (χ3n) is 2.52. The summed E-state index contributed by atoms with van der Waals surface area (Å²) >= 11 is 3.11. The number of aromatic amines is 1. The highest BCUT2D eigenvalue weighted by Crippen LogP contribution is 2.06. The summed E-state index contributed by atoms with van der Waals surface area (Å²) in [5.41, 5.74) is -0.0359. The van der Waals surface area contributed by atoms with E-state index in [1.807, 2.05) is 13.8 Å². The van der Waals surface area contributed by atoms with Gasteiger partial charge in [-0.2, -0.15) is 0 Å². The third kappa shape index (κ3) is 3.37. The summed E-state index contributed by atoms with van der Waals surface area (Å²) < 4.78 is 2.40. The van der Waals surface area contributed by atoms with Crippen molar-refractivity contribution in [3.63, 3.8) is 0 Å². The van der Waals surface area contributed by atoms with E-state index in [1.54, 1.807) is 6.92 Å². The van der Waals surface area contributed by atoms with Gasteiger partial charge in [-0.15, -0.1) is 0 Å². The Morgan fingerprint density at radius 1 is 1.30 bits per heavy atom. The second kappa shape index (κ2) is 7.39. The van der Waals surface area contributed by atoms with Gasteiger partial charge >= 0.3 is 5.69 Å². The summed E-state index contributed by atoms with van der Waals surface area (Å²) in [6.45, 7) is 6.30. The van der Waals surface area contributed by atoms with E-state index in [2.05, 4.69) is 26.1 Å². The highest BCUT2D eigenvalue weighted by Gasteiger charge is 2.14. The molecule has 2 N–H and O–H groups in total. The quantitative estimate of drug-likeness (QED) is 0.871. The first-order valence-electron chi connectivity index (χ1n) is 6.47. The van der Waals surface area contributed by atoms with E-state index in [9.17, 15) is 9.59 Å². The summed E-state index contributed by atoms with van der Waals surface area (Å²) in [6.07, 6.45) is 1.60. The number of nitrogens with one attached hydrogen (secondary N) is 1. The van der Waals surface area contributed by atoms with Gasteiger partial charge in [0.25, 0.3) is 5.56 Å². The monoisotopic (exact) mass is 346 g/mol. The van der Waals surface area contributed by atoms with Gasteiger partial charge in [-0.3, -0.25) is 9.36 Å². The van der Waals surface area contributed by atoms with Crippen LogP contribution in [-0.2, 0) is 6.54 Å². The van der Waals surface area contributed by atoms with Crippen molar-refractivity contribution in [2.75, 3.05) is 6.61 Å². The Balaban J connectivity index is 0.000000444. The fraction of sp³-hybridized carbons (Fsp3) is 0.583. The van der Waals surface area contributed by atoms with Gasteiger partial charge in [-0.25, -0.2) is 13.4 Å². The number of hydrogen-bond acceptors (Lipinski definition) is 4. The maximum Gasteiger partial charge on any atom is 0.343 e. The van der Waals surface area contributed by atoms with Crippen molar-refractivity contribution in [1.82, 2.24) is 18.1 Å². The van der Waals surface area contributed by atoms with Crippen LogP contribution in [-0.4, -0.2) is 29.8 Å². The zero-order valence-electron chi connectivity index (χ0n) is 11.8. The first-order valence-corrected chi connectivity index (χ1v) is 7.17. The maximum atomic E-state index is 12.0. The van der Waals surface area contributed by atoms with Crippen LogP contribution < -0.4 is 11.2 Å². The second-order valence-corrected chi connectivity index (χ2v) is 4.97. The zero-order chi connectivity index (χ0) is 15.3. The molecule has 0 fully saturated rings. The summed E-state index contributed by atoms with van der Waals surface area (Å²) in [5.74, 6) is 0.606. The predicted octanol–water partition coefficient (Wildman–Crippen LogP) is 1.15. The highest BCUT2D eigenvalue weighted by molar-refractivity contribution is 9.08. The number of aliphatic hydroxyl groups is 1. The van der Waals surface area contributed by atoms with Crippen LogP contribution in [0.25, 0.3) is 11.2 Å². The van der Waals surface area contributed by atoms with Crippen LogP contribution in [0, 0.1) is 6.92 Å². The molecule has 2 heterocycles. The largest absolute Gasteiger partial charge is 0.396 e. The number of hydrogen-bond donors (Lipinski definition) is 2. The number of fused-ring (bicyclic) bond motifs is 1. The first kappa shape index (κ1) is 16.6. The van der Waals surface area contributed by atoms with Gasteiger partial charge in [0.2, 0.25) is 0 Å². The number of imidazole rings is 1. The van der Waals surface area contributed by atoms with Gasteiger partial charge in [0.15, 0.2) is 11.2 Å². The van der Waals surface area contributed by atoms with Crippen LogP contribution in [0.1, 0.15) is 32.5 Å². The molecule has 0 amide bonds. The molecule has 20 heavy (non-hydrogen) atoms. The molecule has 8 heteroatoms. The van der Waals surface area contributed by atoms with Crippen LogP contribution in [0.3, 0.4) is 0 Å². The Morgan fingerprint density at radius 2 is 1.90 bits per heavy atom. The summed E-state index contributed by atoms with van der Waals surface area (Å²) in [6, 6.07) is 0. The normalized spacial score (nSPS) is 10.4. The Labute approximate surface area is 124 Å². The molecule has 2 aromatic rings. The lowest BCUT2D eigenvalue weighted by Crippen LogP contribution is -2.37. The van der Waals surface area contributed by atoms with E-state index < -0.39 is 5.69 Å². The molecule has 0 aliphatic heterocycles. The lowest BCUT2D eigenvalue weighted by atomic mass is 10.4. The minimum Gasteiger partial charge on any atom is -0.396 e. The minimum atomic E-state index is -0.397. The van der Waals surface area contributed by atoms with Gasteiger partial charge in [0.1, 0.15) is 5.82 Å². The Hall–Kier alpha value is -1.41. The van der Waals surface area contributed by atoms with Gasteiger partial charge < -0.3 is 10.1 Å². The molecule has 0 saturated heterocycles. The van der Waals surface area contributed by atoms with Gasteiger partial charge in [-0.1, -0.05) is 13.8 Å². The third-order valence-corrected chi connectivity index (χ3v) is 3.16. The average Bonchev–Trinajstić information content (AvgIpc) is 2.84. The Morgan fingerprint density at radius 3 is 2.40 bits per heavy atom. The van der Waals surface area contributed by atoms with E-state index in [0.717, 1.165) is 12.8 Å². The van der Waals surface area contributed by atoms with Crippen molar-refractivity contribution in [2.45, 2.75) is 40.2 Å². The molecular formula is C12H19BrN4O3. The molecular weight excluding hydrogens is 328 g/mol. The molecule has 0 atom stereocenters. The number of aryl methyl sites for hydroxylation is 1. The predicted molar refractivity (Wildman–Crippen MR) is 81.3 cm³/mol. The Kier molecular flexibility index (Phi) is 6.15. The molecule has 0 radical (unpaired) electrons. The first-order chi connectivity index (χ1) is 9.47. The van der Waals surface area contributed by atoms with Gasteiger partial charge in [-0.05, 0) is 19.8 Å². The molecule has 0 aromatic carbocycles. The van der Waals surface area contributed by atoms with Crippen molar-refractivity contribution in [3.05, 3.63) is 26.7 Å². The lowest BCUT2D eigenvalue weighted by molar-refractivity contribution is 0.295. The summed E-state index contributed by atoms with van der Waals surface area (Å²) in [7, 11) is 0. The van der Waals surface area contributed by atoms with Crippen molar-refractivity contribution in [3.8, 4) is 0 Å². The zero-order valence-corrected chi connectivity index (χ0v) is 13.4. The molecule has 2 rings (SSSR count). The lowest BCUT2D eigenvalue weighted by Gasteiger charge is -2.04. The molecule has 0 bridgehead atoms. The number of aromatic nitrogens is 4. The van der Waals surface area contributed by atoms with Crippen LogP contribution in [0.15, 0.2) is 9.59 Å². The van der Waals surface area contributed by atoms with Crippen molar-refractivity contribution in [1.29, 1.82) is 0 Å². The van der Waals surface area contributed by atoms with E-state index in [0.29, 0.717) is 30.1 Å². The molecule has 0 aliphatic carbocycles. The smallest absolute Gasteiger partial charge is 0.343 e. The fourth-order valence-corrected chi connectivity index (χ4v) is 2.06. The number of halogens is 1. The van der Waals surface area contributed by atoms with Crippen molar-refractivity contribution < 1.29 is 5.11 Å². The van der Waals surface area contributed by atoms with E-state index in [4.69, 9.17) is 5.11 Å². The topological polar surface area (TPSA) is 92.9 Å². The van der Waals surface area contributed by atoms with Gasteiger partial charge in [0.05, 0.1) is 16.1 Å². The molecule has 0 unspecified atom stereocenters. The minimum absolute atomic E-state index is 0.319. The van der Waals surface area contributed by atoms with E-state index in [1.165, 1.54) is 8.16 Å². The number of aliphatic hydroxyl groups excluding tert-OH is 1. The Bertz CT molecular complexity index is 684. The summed E-state index contributed by atoms with van der Waals surface area (Å²) in [5, 5.41) is 7.88. The highest BCUT2D eigenvalue weighted by atomic mass is 79.9. The molecule has 0 saturated carbocycles. The SMILES string of the molecule is CCCO.CCCn1c(=O)c2[nH]c(C)nc2n(Br)c1=O. The fourth-order valence-electron chi connectivity index (χ4n) is 1.61. The van der Waals surface area contributed by atoms with Gasteiger partial charge in [0, 0.05) is 13.2 Å². The van der Waals surface area contributed by atoms with E-state index in [-0.39, 0.29) is 5.56 Å². The summed E-state index contributed by atoms with van der Waals surface area (Å²) in [4.78, 5) is 30.7. The molecule has 0 aliphatic rings. The van der Waals surface area contributed by atoms with Crippen molar-refractivity contribution >= 4 is 27.3 Å². The maximum absolute atomic E-state index is 12.0. The standard InChI is InChI=1S/C9H11BrN4O2.C3H8O/c1-3-4-13-8(15)6-7(12-5(2)11-6)14(10)9(13)16;1-2-3-4/h3-4H2,1-2H3,(H,11,12);4H,2-3H2,1H3. The van der Waals surface area contributed by atoms with Crippen LogP contribution in [0.5, 0.6) is 0 Å². The number of H-pyrrole nitrogens is 1. The van der Waals surface area contributed by atoms with Crippen LogP contribution in [0.2, 0.25) is 0 Å². The van der Waals surface area contributed by atoms with E-state index >= 15 is 0 Å². The molecule has 0 spiro atoms.